The van der Waals surface area contributed by atoms with Gasteiger partial charge < -0.3 is 20.3 Å². The number of allylic oxidation sites excluding steroid dienone is 1. The Labute approximate surface area is 184 Å². The summed E-state index contributed by atoms with van der Waals surface area (Å²) in [5, 5.41) is 10.1. The van der Waals surface area contributed by atoms with Gasteiger partial charge in [0.25, 0.3) is 0 Å². The Kier molecular flexibility index (Phi) is 4.18. The fraction of sp³-hybridized carbons (Fsp3) is 0. The van der Waals surface area contributed by atoms with Gasteiger partial charge >= 0.3 is 0 Å². The normalized spacial score (nSPS) is 12.6. The van der Waals surface area contributed by atoms with Gasteiger partial charge in [0.1, 0.15) is 5.52 Å². The highest BCUT2D eigenvalue weighted by Gasteiger charge is 2.24. The number of rotatable bonds is 4. The molecule has 2 N–H and O–H groups in total. The van der Waals surface area contributed by atoms with Crippen molar-refractivity contribution in [1.29, 1.82) is 5.41 Å². The van der Waals surface area contributed by atoms with Crippen LogP contribution in [0.3, 0.4) is 0 Å². The summed E-state index contributed by atoms with van der Waals surface area (Å²) in [4.78, 5) is 0. The molecule has 0 atom stereocenters. The smallest absolute Gasteiger partial charge is 0.196 e. The summed E-state index contributed by atoms with van der Waals surface area (Å²) in [6.45, 7) is 0. The maximum atomic E-state index is 7.90. The average molecular weight is 417 g/mol. The first-order valence-corrected chi connectivity index (χ1v) is 10.4. The molecule has 0 saturated carbocycles. The van der Waals surface area contributed by atoms with Crippen LogP contribution in [0.15, 0.2) is 97.2 Å². The zero-order chi connectivity index (χ0) is 21.5. The summed E-state index contributed by atoms with van der Waals surface area (Å²) >= 11 is 0. The first-order valence-electron chi connectivity index (χ1n) is 10.4. The summed E-state index contributed by atoms with van der Waals surface area (Å²) in [6, 6.07) is 29.7. The third-order valence-corrected chi connectivity index (χ3v) is 5.65. The minimum absolute atomic E-state index is 0.661. The quantitative estimate of drug-likeness (QED) is 0.306. The lowest BCUT2D eigenvalue weighted by molar-refractivity contribution is 0.362. The van der Waals surface area contributed by atoms with E-state index in [2.05, 4.69) is 23.6 Å². The van der Waals surface area contributed by atoms with Gasteiger partial charge in [0, 0.05) is 28.8 Å². The molecule has 2 heterocycles. The van der Waals surface area contributed by atoms with Gasteiger partial charge in [-0.05, 0) is 35.9 Å². The minimum atomic E-state index is 0.661. The first kappa shape index (κ1) is 18.3. The van der Waals surface area contributed by atoms with Crippen molar-refractivity contribution in [2.24, 2.45) is 0 Å². The number of hydrogen-bond donors (Lipinski definition) is 2. The molecule has 0 amide bonds. The van der Waals surface area contributed by atoms with Gasteiger partial charge in [-0.15, -0.1) is 0 Å². The monoisotopic (exact) mass is 417 g/mol. The maximum Gasteiger partial charge on any atom is 0.196 e. The van der Waals surface area contributed by atoms with Crippen LogP contribution in [-0.4, -0.2) is 10.9 Å². The van der Waals surface area contributed by atoms with E-state index in [9.17, 15) is 0 Å². The van der Waals surface area contributed by atoms with E-state index in [1.54, 1.807) is 0 Å². The van der Waals surface area contributed by atoms with E-state index in [0.717, 1.165) is 32.9 Å². The Morgan fingerprint density at radius 2 is 1.44 bits per heavy atom. The molecule has 0 bridgehead atoms. The van der Waals surface area contributed by atoms with Crippen LogP contribution < -0.4 is 14.9 Å². The molecule has 5 nitrogen and oxygen atoms in total. The number of nitrogens with zero attached hydrogens (tertiary/aromatic N) is 1. The van der Waals surface area contributed by atoms with Crippen LogP contribution in [0.25, 0.3) is 27.4 Å². The molecule has 154 valence electrons. The summed E-state index contributed by atoms with van der Waals surface area (Å²) in [7, 11) is 0. The van der Waals surface area contributed by atoms with Crippen LogP contribution in [-0.2, 0) is 0 Å². The number of ether oxygens (including phenoxy) is 2. The summed E-state index contributed by atoms with van der Waals surface area (Å²) < 4.78 is 14.5. The summed E-state index contributed by atoms with van der Waals surface area (Å²) in [5.41, 5.74) is 7.02. The second-order valence-corrected chi connectivity index (χ2v) is 7.53. The number of benzene rings is 4. The molecule has 32 heavy (non-hydrogen) atoms. The van der Waals surface area contributed by atoms with E-state index in [-0.39, 0.29) is 0 Å². The maximum absolute atomic E-state index is 7.90. The first-order chi connectivity index (χ1) is 15.8. The van der Waals surface area contributed by atoms with Gasteiger partial charge in [-0.25, -0.2) is 0 Å². The van der Waals surface area contributed by atoms with Gasteiger partial charge in [-0.2, -0.15) is 0 Å². The Morgan fingerprint density at radius 1 is 0.719 bits per heavy atom. The van der Waals surface area contributed by atoms with Crippen molar-refractivity contribution in [2.75, 3.05) is 5.43 Å². The molecule has 1 aliphatic heterocycles. The van der Waals surface area contributed by atoms with Gasteiger partial charge in [0.2, 0.25) is 0 Å². The average Bonchev–Trinajstić information content (AvgIpc) is 3.18. The van der Waals surface area contributed by atoms with Crippen molar-refractivity contribution in [3.63, 3.8) is 0 Å². The molecule has 6 rings (SSSR count). The molecule has 0 spiro atoms. The lowest BCUT2D eigenvalue weighted by Crippen LogP contribution is -2.10. The number of fused-ring (bicyclic) bond motifs is 6. The lowest BCUT2D eigenvalue weighted by Gasteiger charge is -2.22. The van der Waals surface area contributed by atoms with E-state index in [0.29, 0.717) is 23.0 Å². The standard InChI is InChI=1S/C27H19N3O2/c28-16-19(18-8-2-1-3-9-18)17-29-30-22-11-5-4-10-20(22)21-14-15-25-27(26(21)30)32-24-13-7-6-12-23(24)31-25/h1-17,28-29H/b19-17+,28-16?. The molecule has 0 aliphatic carbocycles. The van der Waals surface area contributed by atoms with Crippen molar-refractivity contribution in [3.05, 3.63) is 103 Å². The van der Waals surface area contributed by atoms with Gasteiger partial charge in [-0.1, -0.05) is 60.7 Å². The highest BCUT2D eigenvalue weighted by molar-refractivity contribution is 6.12. The number of para-hydroxylation sites is 3. The van der Waals surface area contributed by atoms with Crippen LogP contribution in [0.5, 0.6) is 23.0 Å². The fourth-order valence-electron chi connectivity index (χ4n) is 4.14. The number of nitrogens with one attached hydrogen (secondary N) is 2. The van der Waals surface area contributed by atoms with E-state index in [1.165, 1.54) is 6.21 Å². The molecule has 0 unspecified atom stereocenters. The largest absolute Gasteiger partial charge is 0.449 e. The number of aromatic nitrogens is 1. The van der Waals surface area contributed by atoms with Crippen LogP contribution in [0, 0.1) is 5.41 Å². The predicted octanol–water partition coefficient (Wildman–Crippen LogP) is 6.93. The van der Waals surface area contributed by atoms with Crippen molar-refractivity contribution < 1.29 is 9.47 Å². The minimum Gasteiger partial charge on any atom is -0.449 e. The molecular formula is C27H19N3O2. The molecule has 0 saturated heterocycles. The van der Waals surface area contributed by atoms with Crippen LogP contribution in [0.2, 0.25) is 0 Å². The van der Waals surface area contributed by atoms with Crippen LogP contribution in [0.4, 0.5) is 0 Å². The second kappa shape index (κ2) is 7.32. The molecule has 0 radical (unpaired) electrons. The van der Waals surface area contributed by atoms with E-state index in [1.807, 2.05) is 83.7 Å². The lowest BCUT2D eigenvalue weighted by atomic mass is 10.1. The fourth-order valence-corrected chi connectivity index (χ4v) is 4.14. The highest BCUT2D eigenvalue weighted by Crippen LogP contribution is 2.49. The predicted molar refractivity (Wildman–Crippen MR) is 129 cm³/mol. The third kappa shape index (κ3) is 2.83. The molecule has 5 aromatic rings. The SMILES string of the molecule is N=C/C(=C\Nn1c2ccccc2c2ccc3c(c21)Oc1ccccc1O3)c1ccccc1. The Bertz CT molecular complexity index is 1520. The summed E-state index contributed by atoms with van der Waals surface area (Å²) in [6.07, 6.45) is 3.19. The molecule has 1 aromatic heterocycles. The molecular weight excluding hydrogens is 398 g/mol. The molecule has 1 aliphatic rings. The van der Waals surface area contributed by atoms with Gasteiger partial charge in [-0.3, -0.25) is 4.68 Å². The van der Waals surface area contributed by atoms with Crippen molar-refractivity contribution in [3.8, 4) is 23.0 Å². The second-order valence-electron chi connectivity index (χ2n) is 7.53. The van der Waals surface area contributed by atoms with Crippen LogP contribution in [0.1, 0.15) is 5.56 Å². The van der Waals surface area contributed by atoms with Crippen molar-refractivity contribution in [1.82, 2.24) is 4.68 Å². The Hall–Kier alpha value is -4.51. The Morgan fingerprint density at radius 3 is 2.25 bits per heavy atom. The zero-order valence-corrected chi connectivity index (χ0v) is 17.1. The highest BCUT2D eigenvalue weighted by atomic mass is 16.6. The van der Waals surface area contributed by atoms with Crippen molar-refractivity contribution in [2.45, 2.75) is 0 Å². The molecule has 5 heteroatoms. The topological polar surface area (TPSA) is 59.3 Å². The molecule has 0 fully saturated rings. The molecule has 4 aromatic carbocycles. The van der Waals surface area contributed by atoms with Crippen LogP contribution >= 0.6 is 0 Å². The zero-order valence-electron chi connectivity index (χ0n) is 17.1. The van der Waals surface area contributed by atoms with Crippen molar-refractivity contribution >= 4 is 33.6 Å². The number of hydrogen-bond acceptors (Lipinski definition) is 4. The summed E-state index contributed by atoms with van der Waals surface area (Å²) in [5.74, 6) is 2.71. The van der Waals surface area contributed by atoms with E-state index in [4.69, 9.17) is 14.9 Å². The Balaban J connectivity index is 1.55. The van der Waals surface area contributed by atoms with Gasteiger partial charge in [0.15, 0.2) is 23.0 Å². The third-order valence-electron chi connectivity index (χ3n) is 5.65. The van der Waals surface area contributed by atoms with E-state index >= 15 is 0 Å². The van der Waals surface area contributed by atoms with E-state index < -0.39 is 0 Å². The van der Waals surface area contributed by atoms with Gasteiger partial charge in [0.05, 0.1) is 5.52 Å².